The molecule has 2 fully saturated rings. The first-order valence-corrected chi connectivity index (χ1v) is 12.9. The van der Waals surface area contributed by atoms with Gasteiger partial charge in [0.05, 0.1) is 19.2 Å². The van der Waals surface area contributed by atoms with E-state index in [1.165, 1.54) is 29.2 Å². The number of carbonyl (C=O) groups excluding carboxylic acids is 2. The van der Waals surface area contributed by atoms with E-state index in [0.717, 1.165) is 38.9 Å². The molecule has 1 atom stereocenters. The van der Waals surface area contributed by atoms with Crippen molar-refractivity contribution >= 4 is 40.5 Å². The summed E-state index contributed by atoms with van der Waals surface area (Å²) in [6.45, 7) is 5.99. The Hall–Kier alpha value is -3.04. The van der Waals surface area contributed by atoms with Crippen molar-refractivity contribution in [2.75, 3.05) is 43.5 Å². The fraction of sp³-hybridized carbons (Fsp3) is 0.444. The summed E-state index contributed by atoms with van der Waals surface area (Å²) in [5.74, 6) is 0.158. The predicted octanol–water partition coefficient (Wildman–Crippen LogP) is 4.29. The van der Waals surface area contributed by atoms with Gasteiger partial charge in [0.1, 0.15) is 17.6 Å². The largest absolute Gasteiger partial charge is 0.497 e. The zero-order valence-electron chi connectivity index (χ0n) is 20.8. The molecular formula is C27H33FN4O3S. The first kappa shape index (κ1) is 26.0. The number of halogens is 1. The number of likely N-dealkylation sites (tertiary alicyclic amines) is 1. The molecule has 0 aliphatic carbocycles. The summed E-state index contributed by atoms with van der Waals surface area (Å²) in [4.78, 5) is 32.5. The van der Waals surface area contributed by atoms with Gasteiger partial charge < -0.3 is 19.9 Å². The van der Waals surface area contributed by atoms with Gasteiger partial charge >= 0.3 is 0 Å². The molecule has 0 saturated carbocycles. The minimum absolute atomic E-state index is 0.0440. The van der Waals surface area contributed by atoms with Gasteiger partial charge in [-0.25, -0.2) is 4.39 Å². The van der Waals surface area contributed by atoms with E-state index in [4.69, 9.17) is 17.0 Å². The van der Waals surface area contributed by atoms with E-state index >= 15 is 0 Å². The average molecular weight is 513 g/mol. The van der Waals surface area contributed by atoms with Crippen molar-refractivity contribution in [3.8, 4) is 5.75 Å². The quantitative estimate of drug-likeness (QED) is 0.506. The van der Waals surface area contributed by atoms with Crippen LogP contribution in [0.3, 0.4) is 0 Å². The Morgan fingerprint density at radius 1 is 1.11 bits per heavy atom. The van der Waals surface area contributed by atoms with E-state index in [1.54, 1.807) is 31.4 Å². The molecule has 2 amide bonds. The van der Waals surface area contributed by atoms with Crippen LogP contribution < -0.4 is 15.0 Å². The predicted molar refractivity (Wildman–Crippen MR) is 143 cm³/mol. The van der Waals surface area contributed by atoms with E-state index in [-0.39, 0.29) is 24.1 Å². The first-order valence-electron chi connectivity index (χ1n) is 12.5. The second-order valence-corrected chi connectivity index (χ2v) is 9.73. The number of anilines is 2. The standard InChI is InChI=1S/C27H33FN4O3S/c1-3-14-30-15-12-19(13-16-30)18-31-24(17-25(33)29-21-6-4-20(28)5-7-21)26(34)32(27(31)36)22-8-10-23(35-2)11-9-22/h4-11,19,24H,3,12-18H2,1-2H3,(H,29,33)/t24-/m1/s1. The summed E-state index contributed by atoms with van der Waals surface area (Å²) in [6.07, 6.45) is 3.16. The maximum atomic E-state index is 13.6. The van der Waals surface area contributed by atoms with E-state index in [2.05, 4.69) is 17.1 Å². The van der Waals surface area contributed by atoms with Crippen LogP contribution in [0.15, 0.2) is 48.5 Å². The third-order valence-corrected chi connectivity index (χ3v) is 7.27. The van der Waals surface area contributed by atoms with Gasteiger partial charge in [-0.3, -0.25) is 14.5 Å². The number of hydrogen-bond donors (Lipinski definition) is 1. The summed E-state index contributed by atoms with van der Waals surface area (Å²) in [5, 5.41) is 3.19. The smallest absolute Gasteiger partial charge is 0.256 e. The van der Waals surface area contributed by atoms with Gasteiger partial charge in [0.2, 0.25) is 5.91 Å². The van der Waals surface area contributed by atoms with Crippen LogP contribution in [0, 0.1) is 11.7 Å². The number of carbonyl (C=O) groups is 2. The normalized spacial score (nSPS) is 19.1. The fourth-order valence-electron chi connectivity index (χ4n) is 4.92. The van der Waals surface area contributed by atoms with Crippen molar-refractivity contribution in [3.05, 3.63) is 54.3 Å². The summed E-state index contributed by atoms with van der Waals surface area (Å²) >= 11 is 5.81. The number of ether oxygens (including phenoxy) is 1. The molecule has 1 N–H and O–H groups in total. The number of benzene rings is 2. The molecule has 0 radical (unpaired) electrons. The number of thiocarbonyl (C=S) groups is 1. The van der Waals surface area contributed by atoms with Gasteiger partial charge in [-0.2, -0.15) is 0 Å². The molecular weight excluding hydrogens is 479 g/mol. The number of hydrogen-bond acceptors (Lipinski definition) is 5. The third kappa shape index (κ3) is 6.02. The Kier molecular flexibility index (Phi) is 8.53. The van der Waals surface area contributed by atoms with Crippen molar-refractivity contribution in [1.29, 1.82) is 0 Å². The minimum atomic E-state index is -0.700. The highest BCUT2D eigenvalue weighted by Gasteiger charge is 2.45. The van der Waals surface area contributed by atoms with Crippen molar-refractivity contribution in [3.63, 3.8) is 0 Å². The molecule has 2 aromatic rings. The molecule has 2 aliphatic heterocycles. The molecule has 0 bridgehead atoms. The molecule has 2 heterocycles. The van der Waals surface area contributed by atoms with Gasteiger partial charge in [-0.15, -0.1) is 0 Å². The maximum Gasteiger partial charge on any atom is 0.256 e. The highest BCUT2D eigenvalue weighted by Crippen LogP contribution is 2.31. The van der Waals surface area contributed by atoms with Gasteiger partial charge in [-0.05, 0) is 106 Å². The molecule has 0 unspecified atom stereocenters. The molecule has 36 heavy (non-hydrogen) atoms. The molecule has 0 aromatic heterocycles. The second kappa shape index (κ2) is 11.8. The summed E-state index contributed by atoms with van der Waals surface area (Å²) in [7, 11) is 1.59. The van der Waals surface area contributed by atoms with Crippen LogP contribution >= 0.6 is 12.2 Å². The van der Waals surface area contributed by atoms with Crippen LogP contribution in [-0.2, 0) is 9.59 Å². The number of methoxy groups -OCH3 is 1. The molecule has 2 aromatic carbocycles. The highest BCUT2D eigenvalue weighted by atomic mass is 32.1. The molecule has 9 heteroatoms. The van der Waals surface area contributed by atoms with Crippen molar-refractivity contribution in [1.82, 2.24) is 9.80 Å². The van der Waals surface area contributed by atoms with E-state index < -0.39 is 6.04 Å². The number of amides is 2. The van der Waals surface area contributed by atoms with E-state index in [0.29, 0.717) is 34.7 Å². The van der Waals surface area contributed by atoms with Crippen LogP contribution in [0.4, 0.5) is 15.8 Å². The van der Waals surface area contributed by atoms with Crippen LogP contribution in [0.5, 0.6) is 5.75 Å². The number of rotatable bonds is 9. The first-order chi connectivity index (χ1) is 17.4. The zero-order chi connectivity index (χ0) is 25.7. The SMILES string of the molecule is CCCN1CCC(CN2C(=S)N(c3ccc(OC)cc3)C(=O)[C@H]2CC(=O)Nc2ccc(F)cc2)CC1. The van der Waals surface area contributed by atoms with E-state index in [9.17, 15) is 14.0 Å². The molecule has 192 valence electrons. The maximum absolute atomic E-state index is 13.6. The lowest BCUT2D eigenvalue weighted by atomic mass is 9.95. The minimum Gasteiger partial charge on any atom is -0.497 e. The Balaban J connectivity index is 1.51. The average Bonchev–Trinajstić information content (AvgIpc) is 3.10. The van der Waals surface area contributed by atoms with Crippen molar-refractivity contribution in [2.45, 2.75) is 38.6 Å². The van der Waals surface area contributed by atoms with Crippen molar-refractivity contribution < 1.29 is 18.7 Å². The van der Waals surface area contributed by atoms with Gasteiger partial charge in [0, 0.05) is 12.2 Å². The van der Waals surface area contributed by atoms with Gasteiger partial charge in [0.25, 0.3) is 5.91 Å². The van der Waals surface area contributed by atoms with Gasteiger partial charge in [-0.1, -0.05) is 6.92 Å². The van der Waals surface area contributed by atoms with Crippen LogP contribution in [0.1, 0.15) is 32.6 Å². The summed E-state index contributed by atoms with van der Waals surface area (Å²) < 4.78 is 18.5. The Morgan fingerprint density at radius 2 is 1.78 bits per heavy atom. The van der Waals surface area contributed by atoms with E-state index in [1.807, 2.05) is 4.90 Å². The number of nitrogens with zero attached hydrogens (tertiary/aromatic N) is 3. The molecule has 7 nitrogen and oxygen atoms in total. The second-order valence-electron chi connectivity index (χ2n) is 9.37. The zero-order valence-corrected chi connectivity index (χ0v) is 21.6. The van der Waals surface area contributed by atoms with Crippen LogP contribution in [0.2, 0.25) is 0 Å². The highest BCUT2D eigenvalue weighted by molar-refractivity contribution is 7.80. The summed E-state index contributed by atoms with van der Waals surface area (Å²) in [6, 6.07) is 12.0. The monoisotopic (exact) mass is 512 g/mol. The molecule has 0 spiro atoms. The molecule has 2 saturated heterocycles. The third-order valence-electron chi connectivity index (χ3n) is 6.86. The summed E-state index contributed by atoms with van der Waals surface area (Å²) in [5.41, 5.74) is 1.13. The topological polar surface area (TPSA) is 65.1 Å². The Morgan fingerprint density at radius 3 is 2.39 bits per heavy atom. The number of piperidine rings is 1. The lowest BCUT2D eigenvalue weighted by Gasteiger charge is -2.35. The molecule has 2 aliphatic rings. The molecule has 4 rings (SSSR count). The van der Waals surface area contributed by atoms with Crippen molar-refractivity contribution in [2.24, 2.45) is 5.92 Å². The fourth-order valence-corrected chi connectivity index (χ4v) is 5.32. The lowest BCUT2D eigenvalue weighted by Crippen LogP contribution is -2.44. The van der Waals surface area contributed by atoms with Crippen LogP contribution in [0.25, 0.3) is 0 Å². The lowest BCUT2D eigenvalue weighted by molar-refractivity contribution is -0.124. The Bertz CT molecular complexity index is 1070. The van der Waals surface area contributed by atoms with Gasteiger partial charge in [0.15, 0.2) is 5.11 Å². The number of nitrogens with one attached hydrogen (secondary N) is 1. The van der Waals surface area contributed by atoms with Crippen LogP contribution in [-0.4, -0.2) is 66.1 Å². The Labute approximate surface area is 217 Å².